The van der Waals surface area contributed by atoms with Gasteiger partial charge in [0.15, 0.2) is 0 Å². The summed E-state index contributed by atoms with van der Waals surface area (Å²) in [6.45, 7) is 2.23. The SMILES string of the molecule is CC(N)C(=O)N1CCCc2c(C(=O)O)cccc21. The summed E-state index contributed by atoms with van der Waals surface area (Å²) in [5, 5.41) is 9.15. The predicted molar refractivity (Wildman–Crippen MR) is 67.7 cm³/mol. The van der Waals surface area contributed by atoms with Crippen LogP contribution in [0.3, 0.4) is 0 Å². The first-order chi connectivity index (χ1) is 8.52. The van der Waals surface area contributed by atoms with Gasteiger partial charge in [-0.1, -0.05) is 6.07 Å². The maximum Gasteiger partial charge on any atom is 0.336 e. The minimum absolute atomic E-state index is 0.168. The van der Waals surface area contributed by atoms with Gasteiger partial charge in [0, 0.05) is 12.2 Å². The highest BCUT2D eigenvalue weighted by Gasteiger charge is 2.27. The topological polar surface area (TPSA) is 83.6 Å². The van der Waals surface area contributed by atoms with E-state index in [2.05, 4.69) is 0 Å². The molecule has 1 aromatic carbocycles. The smallest absolute Gasteiger partial charge is 0.336 e. The number of carbonyl (C=O) groups excluding carboxylic acids is 1. The van der Waals surface area contributed by atoms with Crippen LogP contribution in [0.1, 0.15) is 29.3 Å². The van der Waals surface area contributed by atoms with Gasteiger partial charge in [-0.15, -0.1) is 0 Å². The first-order valence-corrected chi connectivity index (χ1v) is 5.94. The van der Waals surface area contributed by atoms with Crippen molar-refractivity contribution in [3.8, 4) is 0 Å². The number of nitrogens with two attached hydrogens (primary N) is 1. The minimum atomic E-state index is -0.957. The second-order valence-corrected chi connectivity index (χ2v) is 4.49. The molecule has 1 atom stereocenters. The highest BCUT2D eigenvalue weighted by atomic mass is 16.4. The van der Waals surface area contributed by atoms with Crippen molar-refractivity contribution in [2.24, 2.45) is 5.73 Å². The molecule has 0 bridgehead atoms. The molecule has 2 rings (SSSR count). The van der Waals surface area contributed by atoms with Crippen molar-refractivity contribution in [2.45, 2.75) is 25.8 Å². The summed E-state index contributed by atoms with van der Waals surface area (Å²) in [5.74, 6) is -1.12. The fourth-order valence-electron chi connectivity index (χ4n) is 2.30. The molecule has 1 aliphatic heterocycles. The van der Waals surface area contributed by atoms with Crippen LogP contribution in [0.2, 0.25) is 0 Å². The van der Waals surface area contributed by atoms with Gasteiger partial charge in [-0.05, 0) is 37.5 Å². The number of aromatic carboxylic acids is 1. The van der Waals surface area contributed by atoms with E-state index in [0.29, 0.717) is 18.7 Å². The Balaban J connectivity index is 2.48. The Morgan fingerprint density at radius 3 is 2.78 bits per heavy atom. The second-order valence-electron chi connectivity index (χ2n) is 4.49. The number of carbonyl (C=O) groups is 2. The summed E-state index contributed by atoms with van der Waals surface area (Å²) in [4.78, 5) is 24.7. The zero-order chi connectivity index (χ0) is 13.3. The van der Waals surface area contributed by atoms with Crippen LogP contribution in [-0.4, -0.2) is 29.6 Å². The fraction of sp³-hybridized carbons (Fsp3) is 0.385. The average Bonchev–Trinajstić information content (AvgIpc) is 2.36. The molecule has 0 saturated carbocycles. The lowest BCUT2D eigenvalue weighted by Gasteiger charge is -2.31. The Labute approximate surface area is 105 Å². The molecule has 0 saturated heterocycles. The number of anilines is 1. The third-order valence-corrected chi connectivity index (χ3v) is 3.14. The summed E-state index contributed by atoms with van der Waals surface area (Å²) in [5.41, 5.74) is 7.30. The number of carboxylic acids is 1. The van der Waals surface area contributed by atoms with Gasteiger partial charge in [-0.2, -0.15) is 0 Å². The maximum absolute atomic E-state index is 12.0. The quantitative estimate of drug-likeness (QED) is 0.818. The number of hydrogen-bond donors (Lipinski definition) is 2. The normalized spacial score (nSPS) is 16.0. The van der Waals surface area contributed by atoms with Gasteiger partial charge in [-0.3, -0.25) is 4.79 Å². The minimum Gasteiger partial charge on any atom is -0.478 e. The molecule has 3 N–H and O–H groups in total. The maximum atomic E-state index is 12.0. The van der Waals surface area contributed by atoms with Crippen LogP contribution in [0, 0.1) is 0 Å². The zero-order valence-corrected chi connectivity index (χ0v) is 10.2. The molecule has 1 aliphatic rings. The molecule has 96 valence electrons. The number of carboxylic acid groups (broad SMARTS) is 1. The molecule has 0 spiro atoms. The molecule has 1 amide bonds. The molecule has 5 heteroatoms. The van der Waals surface area contributed by atoms with E-state index in [1.807, 2.05) is 0 Å². The van der Waals surface area contributed by atoms with Crippen molar-refractivity contribution >= 4 is 17.6 Å². The van der Waals surface area contributed by atoms with E-state index in [4.69, 9.17) is 10.8 Å². The summed E-state index contributed by atoms with van der Waals surface area (Å²) in [6, 6.07) is 4.43. The largest absolute Gasteiger partial charge is 0.478 e. The monoisotopic (exact) mass is 248 g/mol. The fourth-order valence-corrected chi connectivity index (χ4v) is 2.30. The first kappa shape index (κ1) is 12.6. The van der Waals surface area contributed by atoms with Gasteiger partial charge < -0.3 is 15.7 Å². The van der Waals surface area contributed by atoms with Gasteiger partial charge in [0.05, 0.1) is 11.6 Å². The Hall–Kier alpha value is -1.88. The molecule has 0 aromatic heterocycles. The highest BCUT2D eigenvalue weighted by molar-refractivity contribution is 6.00. The Kier molecular flexibility index (Phi) is 3.34. The van der Waals surface area contributed by atoms with Gasteiger partial charge in [0.2, 0.25) is 5.91 Å². The number of hydrogen-bond acceptors (Lipinski definition) is 3. The number of amides is 1. The van der Waals surface area contributed by atoms with Gasteiger partial charge >= 0.3 is 5.97 Å². The molecule has 0 radical (unpaired) electrons. The van der Waals surface area contributed by atoms with Gasteiger partial charge in [0.25, 0.3) is 0 Å². The average molecular weight is 248 g/mol. The van der Waals surface area contributed by atoms with Gasteiger partial charge in [-0.25, -0.2) is 4.79 Å². The molecule has 1 heterocycles. The van der Waals surface area contributed by atoms with E-state index in [1.54, 1.807) is 30.0 Å². The highest BCUT2D eigenvalue weighted by Crippen LogP contribution is 2.30. The van der Waals surface area contributed by atoms with Crippen molar-refractivity contribution in [1.29, 1.82) is 0 Å². The van der Waals surface area contributed by atoms with E-state index in [0.717, 1.165) is 12.0 Å². The van der Waals surface area contributed by atoms with Gasteiger partial charge in [0.1, 0.15) is 0 Å². The summed E-state index contributed by atoms with van der Waals surface area (Å²) in [7, 11) is 0. The van der Waals surface area contributed by atoms with Crippen molar-refractivity contribution < 1.29 is 14.7 Å². The van der Waals surface area contributed by atoms with Crippen LogP contribution in [0.4, 0.5) is 5.69 Å². The van der Waals surface area contributed by atoms with Crippen molar-refractivity contribution in [3.63, 3.8) is 0 Å². The van der Waals surface area contributed by atoms with E-state index in [1.165, 1.54) is 0 Å². The molecule has 0 aliphatic carbocycles. The third kappa shape index (κ3) is 2.09. The van der Waals surface area contributed by atoms with Crippen LogP contribution < -0.4 is 10.6 Å². The molecule has 5 nitrogen and oxygen atoms in total. The van der Waals surface area contributed by atoms with Crippen molar-refractivity contribution in [2.75, 3.05) is 11.4 Å². The van der Waals surface area contributed by atoms with Crippen LogP contribution in [0.5, 0.6) is 0 Å². The standard InChI is InChI=1S/C13H16N2O3/c1-8(14)12(16)15-7-3-5-9-10(13(17)18)4-2-6-11(9)15/h2,4,6,8H,3,5,7,14H2,1H3,(H,17,18). The lowest BCUT2D eigenvalue weighted by molar-refractivity contribution is -0.119. The van der Waals surface area contributed by atoms with Crippen LogP contribution in [0.15, 0.2) is 18.2 Å². The molecular weight excluding hydrogens is 232 g/mol. The Bertz CT molecular complexity index is 497. The Morgan fingerprint density at radius 2 is 2.17 bits per heavy atom. The number of benzene rings is 1. The van der Waals surface area contributed by atoms with Crippen molar-refractivity contribution in [3.05, 3.63) is 29.3 Å². The molecule has 0 fully saturated rings. The van der Waals surface area contributed by atoms with Crippen LogP contribution >= 0.6 is 0 Å². The number of nitrogens with zero attached hydrogens (tertiary/aromatic N) is 1. The molecular formula is C13H16N2O3. The summed E-state index contributed by atoms with van der Waals surface area (Å²) in [6.07, 6.45) is 1.44. The molecule has 1 aromatic rings. The summed E-state index contributed by atoms with van der Waals surface area (Å²) < 4.78 is 0. The first-order valence-electron chi connectivity index (χ1n) is 5.94. The van der Waals surface area contributed by atoms with E-state index in [-0.39, 0.29) is 11.5 Å². The number of rotatable bonds is 2. The van der Waals surface area contributed by atoms with E-state index >= 15 is 0 Å². The summed E-state index contributed by atoms with van der Waals surface area (Å²) >= 11 is 0. The number of fused-ring (bicyclic) bond motifs is 1. The lowest BCUT2D eigenvalue weighted by Crippen LogP contribution is -2.44. The van der Waals surface area contributed by atoms with Crippen LogP contribution in [-0.2, 0) is 11.2 Å². The lowest BCUT2D eigenvalue weighted by atomic mass is 9.96. The molecule has 1 unspecified atom stereocenters. The second kappa shape index (κ2) is 4.78. The van der Waals surface area contributed by atoms with Crippen molar-refractivity contribution in [1.82, 2.24) is 0 Å². The predicted octanol–water partition coefficient (Wildman–Crippen LogP) is 1.01. The molecule has 18 heavy (non-hydrogen) atoms. The Morgan fingerprint density at radius 1 is 1.44 bits per heavy atom. The van der Waals surface area contributed by atoms with Crippen LogP contribution in [0.25, 0.3) is 0 Å². The third-order valence-electron chi connectivity index (χ3n) is 3.14. The van der Waals surface area contributed by atoms with E-state index in [9.17, 15) is 9.59 Å². The zero-order valence-electron chi connectivity index (χ0n) is 10.2. The van der Waals surface area contributed by atoms with E-state index < -0.39 is 12.0 Å².